The summed E-state index contributed by atoms with van der Waals surface area (Å²) in [5.41, 5.74) is 7.19. The van der Waals surface area contributed by atoms with Gasteiger partial charge >= 0.3 is 0 Å². The van der Waals surface area contributed by atoms with Crippen LogP contribution in [0.5, 0.6) is 0 Å². The third-order valence-electron chi connectivity index (χ3n) is 2.79. The van der Waals surface area contributed by atoms with Crippen molar-refractivity contribution in [3.8, 4) is 0 Å². The number of benzene rings is 1. The maximum absolute atomic E-state index is 6.04. The van der Waals surface area contributed by atoms with E-state index in [0.717, 1.165) is 5.56 Å². The van der Waals surface area contributed by atoms with Crippen molar-refractivity contribution in [1.29, 1.82) is 0 Å². The zero-order chi connectivity index (χ0) is 13.0. The Morgan fingerprint density at radius 3 is 2.72 bits per heavy atom. The van der Waals surface area contributed by atoms with Crippen molar-refractivity contribution in [2.24, 2.45) is 5.73 Å². The summed E-state index contributed by atoms with van der Waals surface area (Å²) in [5, 5.41) is 3.86. The molecule has 96 valence electrons. The Kier molecular flexibility index (Phi) is 4.07. The van der Waals surface area contributed by atoms with E-state index in [0.29, 0.717) is 18.1 Å². The van der Waals surface area contributed by atoms with E-state index < -0.39 is 0 Å². The van der Waals surface area contributed by atoms with Crippen LogP contribution >= 0.6 is 0 Å². The molecule has 1 aromatic carbocycles. The van der Waals surface area contributed by atoms with Gasteiger partial charge in [0.1, 0.15) is 6.10 Å². The van der Waals surface area contributed by atoms with Crippen molar-refractivity contribution in [2.75, 3.05) is 7.11 Å². The highest BCUT2D eigenvalue weighted by atomic mass is 16.5. The van der Waals surface area contributed by atoms with Gasteiger partial charge in [0.05, 0.1) is 6.04 Å². The first kappa shape index (κ1) is 12.7. The van der Waals surface area contributed by atoms with Crippen LogP contribution in [0.25, 0.3) is 0 Å². The average molecular weight is 247 g/mol. The van der Waals surface area contributed by atoms with Crippen LogP contribution in [0.3, 0.4) is 0 Å². The molecule has 5 heteroatoms. The topological polar surface area (TPSA) is 74.2 Å². The lowest BCUT2D eigenvalue weighted by molar-refractivity contribution is 0.109. The number of ether oxygens (including phenoxy) is 1. The highest BCUT2D eigenvalue weighted by Gasteiger charge is 2.18. The molecule has 0 bridgehead atoms. The largest absolute Gasteiger partial charge is 0.374 e. The smallest absolute Gasteiger partial charge is 0.243 e. The van der Waals surface area contributed by atoms with E-state index in [9.17, 15) is 0 Å². The highest BCUT2D eigenvalue weighted by molar-refractivity contribution is 5.16. The highest BCUT2D eigenvalue weighted by Crippen LogP contribution is 2.17. The Hall–Kier alpha value is -1.72. The molecule has 0 saturated heterocycles. The molecular weight excluding hydrogens is 230 g/mol. The second-order valence-corrected chi connectivity index (χ2v) is 4.16. The molecule has 2 rings (SSSR count). The molecule has 2 unspecified atom stereocenters. The zero-order valence-corrected chi connectivity index (χ0v) is 10.5. The van der Waals surface area contributed by atoms with Gasteiger partial charge in [0.25, 0.3) is 0 Å². The van der Waals surface area contributed by atoms with Gasteiger partial charge < -0.3 is 15.0 Å². The standard InChI is InChI=1S/C13H17N3O2/c1-9(17-2)12-15-13(18-16-12)11(14)8-10-6-4-3-5-7-10/h3-7,9,11H,8,14H2,1-2H3. The van der Waals surface area contributed by atoms with Crippen LogP contribution in [0.15, 0.2) is 34.9 Å². The number of aromatic nitrogens is 2. The van der Waals surface area contributed by atoms with Crippen LogP contribution in [0, 0.1) is 0 Å². The summed E-state index contributed by atoms with van der Waals surface area (Å²) in [6.07, 6.45) is 0.482. The molecule has 0 aliphatic rings. The fourth-order valence-electron chi connectivity index (χ4n) is 1.62. The second-order valence-electron chi connectivity index (χ2n) is 4.16. The predicted octanol–water partition coefficient (Wildman–Crippen LogP) is 2.02. The van der Waals surface area contributed by atoms with Crippen LogP contribution in [0.1, 0.15) is 36.3 Å². The van der Waals surface area contributed by atoms with E-state index in [1.54, 1.807) is 7.11 Å². The van der Waals surface area contributed by atoms with Gasteiger partial charge in [-0.05, 0) is 18.9 Å². The average Bonchev–Trinajstić information content (AvgIpc) is 2.88. The van der Waals surface area contributed by atoms with Crippen molar-refractivity contribution < 1.29 is 9.26 Å². The Balaban J connectivity index is 2.05. The van der Waals surface area contributed by atoms with Gasteiger partial charge in [-0.3, -0.25) is 0 Å². The lowest BCUT2D eigenvalue weighted by Gasteiger charge is -2.06. The lowest BCUT2D eigenvalue weighted by atomic mass is 10.1. The number of nitrogens with two attached hydrogens (primary N) is 1. The van der Waals surface area contributed by atoms with E-state index >= 15 is 0 Å². The summed E-state index contributed by atoms with van der Waals surface area (Å²) in [6.45, 7) is 1.86. The van der Waals surface area contributed by atoms with Crippen LogP contribution in [-0.4, -0.2) is 17.3 Å². The minimum Gasteiger partial charge on any atom is -0.374 e. The number of hydrogen-bond acceptors (Lipinski definition) is 5. The monoisotopic (exact) mass is 247 g/mol. The van der Waals surface area contributed by atoms with Gasteiger partial charge in [-0.25, -0.2) is 0 Å². The summed E-state index contributed by atoms with van der Waals surface area (Å²) in [6, 6.07) is 9.68. The predicted molar refractivity (Wildman–Crippen MR) is 66.8 cm³/mol. The Bertz CT molecular complexity index is 484. The van der Waals surface area contributed by atoms with Crippen molar-refractivity contribution in [3.63, 3.8) is 0 Å². The summed E-state index contributed by atoms with van der Waals surface area (Å²) in [5.74, 6) is 0.966. The third-order valence-corrected chi connectivity index (χ3v) is 2.79. The first-order chi connectivity index (χ1) is 8.70. The quantitative estimate of drug-likeness (QED) is 0.874. The van der Waals surface area contributed by atoms with Crippen LogP contribution < -0.4 is 5.73 Å². The van der Waals surface area contributed by atoms with Gasteiger partial charge in [0.15, 0.2) is 5.82 Å². The second kappa shape index (κ2) is 5.75. The first-order valence-electron chi connectivity index (χ1n) is 5.86. The molecule has 2 aromatic rings. The Morgan fingerprint density at radius 2 is 2.06 bits per heavy atom. The summed E-state index contributed by atoms with van der Waals surface area (Å²) in [7, 11) is 1.60. The van der Waals surface area contributed by atoms with Gasteiger partial charge in [0, 0.05) is 7.11 Å². The van der Waals surface area contributed by atoms with Crippen molar-refractivity contribution >= 4 is 0 Å². The molecular formula is C13H17N3O2. The summed E-state index contributed by atoms with van der Waals surface area (Å²) in [4.78, 5) is 4.25. The van der Waals surface area contributed by atoms with Gasteiger partial charge in [-0.15, -0.1) is 0 Å². The molecule has 0 saturated carbocycles. The van der Waals surface area contributed by atoms with E-state index in [-0.39, 0.29) is 12.1 Å². The molecule has 0 radical (unpaired) electrons. The van der Waals surface area contributed by atoms with Gasteiger partial charge in [-0.2, -0.15) is 4.98 Å². The number of nitrogens with zero attached hydrogens (tertiary/aromatic N) is 2. The minimum atomic E-state index is -0.294. The van der Waals surface area contributed by atoms with Crippen molar-refractivity contribution in [1.82, 2.24) is 10.1 Å². The molecule has 2 atom stereocenters. The molecule has 5 nitrogen and oxygen atoms in total. The maximum atomic E-state index is 6.04. The molecule has 1 aromatic heterocycles. The molecule has 0 aliphatic heterocycles. The van der Waals surface area contributed by atoms with E-state index in [1.165, 1.54) is 0 Å². The molecule has 2 N–H and O–H groups in total. The van der Waals surface area contributed by atoms with E-state index in [2.05, 4.69) is 10.1 Å². The van der Waals surface area contributed by atoms with Crippen molar-refractivity contribution in [3.05, 3.63) is 47.6 Å². The lowest BCUT2D eigenvalue weighted by Crippen LogP contribution is -2.14. The zero-order valence-electron chi connectivity index (χ0n) is 10.5. The Morgan fingerprint density at radius 1 is 1.33 bits per heavy atom. The first-order valence-corrected chi connectivity index (χ1v) is 5.86. The normalized spacial score (nSPS) is 14.4. The number of methoxy groups -OCH3 is 1. The van der Waals surface area contributed by atoms with E-state index in [1.807, 2.05) is 37.3 Å². The Labute approximate surface area is 106 Å². The molecule has 0 spiro atoms. The summed E-state index contributed by atoms with van der Waals surface area (Å²) >= 11 is 0. The van der Waals surface area contributed by atoms with Crippen LogP contribution in [-0.2, 0) is 11.2 Å². The third kappa shape index (κ3) is 2.94. The maximum Gasteiger partial charge on any atom is 0.243 e. The van der Waals surface area contributed by atoms with Crippen molar-refractivity contribution in [2.45, 2.75) is 25.5 Å². The van der Waals surface area contributed by atoms with Crippen LogP contribution in [0.4, 0.5) is 0 Å². The number of rotatable bonds is 5. The fourth-order valence-corrected chi connectivity index (χ4v) is 1.62. The fraction of sp³-hybridized carbons (Fsp3) is 0.385. The van der Waals surface area contributed by atoms with Crippen LogP contribution in [0.2, 0.25) is 0 Å². The molecule has 0 fully saturated rings. The SMILES string of the molecule is COC(C)c1noc(C(N)Cc2ccccc2)n1. The summed E-state index contributed by atoms with van der Waals surface area (Å²) < 4.78 is 10.3. The molecule has 1 heterocycles. The molecule has 0 amide bonds. The number of hydrogen-bond donors (Lipinski definition) is 1. The molecule has 18 heavy (non-hydrogen) atoms. The van der Waals surface area contributed by atoms with E-state index in [4.69, 9.17) is 15.0 Å². The molecule has 0 aliphatic carbocycles. The van der Waals surface area contributed by atoms with Gasteiger partial charge in [-0.1, -0.05) is 35.5 Å². The van der Waals surface area contributed by atoms with Gasteiger partial charge in [0.2, 0.25) is 5.89 Å². The minimum absolute atomic E-state index is 0.188.